The van der Waals surface area contributed by atoms with E-state index in [0.717, 1.165) is 74.5 Å². The first-order valence-corrected chi connectivity index (χ1v) is 28.6. The molecule has 3 saturated carbocycles. The summed E-state index contributed by atoms with van der Waals surface area (Å²) in [5.74, 6) is -1.71. The van der Waals surface area contributed by atoms with Gasteiger partial charge < -0.3 is 39.0 Å². The van der Waals surface area contributed by atoms with Crippen molar-refractivity contribution in [3.63, 3.8) is 0 Å². The monoisotopic (exact) mass is 1040 g/mol. The van der Waals surface area contributed by atoms with Crippen LogP contribution in [0.2, 0.25) is 0 Å². The van der Waals surface area contributed by atoms with Crippen molar-refractivity contribution in [1.82, 2.24) is 15.3 Å². The molecule has 12 atom stereocenters. The fourth-order valence-corrected chi connectivity index (χ4v) is 13.9. The highest BCUT2D eigenvalue weighted by Crippen LogP contribution is 2.61. The van der Waals surface area contributed by atoms with E-state index in [1.54, 1.807) is 32.9 Å². The lowest BCUT2D eigenvalue weighted by atomic mass is 9.52. The number of unbranched alkanes of at least 4 members (excludes halogenated alkanes) is 4. The van der Waals surface area contributed by atoms with Crippen molar-refractivity contribution in [2.45, 2.75) is 237 Å². The lowest BCUT2D eigenvalue weighted by molar-refractivity contribution is -0.225. The molecule has 3 aliphatic carbocycles. The molecule has 75 heavy (non-hydrogen) atoms. The third-order valence-corrected chi connectivity index (χ3v) is 18.1. The van der Waals surface area contributed by atoms with E-state index in [-0.39, 0.29) is 37.8 Å². The second kappa shape index (κ2) is 22.3. The van der Waals surface area contributed by atoms with E-state index < -0.39 is 89.7 Å². The summed E-state index contributed by atoms with van der Waals surface area (Å²) >= 11 is 0. The smallest absolute Gasteiger partial charge is 0.327 e. The van der Waals surface area contributed by atoms with Crippen LogP contribution in [-0.2, 0) is 60.7 Å². The lowest BCUT2D eigenvalue weighted by Gasteiger charge is -2.53. The standard InChI is InChI=1S/C61H87N3O11/c1-10-12-17-30-60(31-18-13-11-2)73-50-47-36-61(56(69)63(9)46(34-39-19-15-14-16-20-39)54(67)62-43(38-65)26-28-49(66)72-57(3,4)5)52(55(68)70-47)64(75-53(61)51(50)74-60)37-41-23-21-40(22-24-41)33-42-25-27-48-59(8,71-48)32-29-45-44(42)35-58(45,6)7/h14-16,19-24,33,43-48,50-53,65H,10-13,17-18,25-32,34-38H2,1-9H3,(H,62,67)/t43-,44+,45+,46+,47+,48?,50-,51-,52+,53+,59+,61+/m0/s1. The van der Waals surface area contributed by atoms with Crippen LogP contribution >= 0.6 is 0 Å². The molecule has 0 aromatic heterocycles. The van der Waals surface area contributed by atoms with Crippen LogP contribution in [-0.4, -0.2) is 118 Å². The van der Waals surface area contributed by atoms with Crippen molar-refractivity contribution in [1.29, 1.82) is 0 Å². The van der Waals surface area contributed by atoms with Gasteiger partial charge in [0.25, 0.3) is 0 Å². The predicted molar refractivity (Wildman–Crippen MR) is 284 cm³/mol. The SMILES string of the molecule is CCCCCC1(CCCCC)O[C@@H]2[C@H](O1)[C@H]1ON(Cc3ccc(C=C4CCC5O[C@]5(C)CC[C@@H]5[C@@H]4CC5(C)C)cc3)[C@@H]3C(=O)O[C@@H]2C[C@]13C(=O)N(C)[C@H](Cc1ccccc1)C(=O)N[C@H](CO)CCC(=O)OC(C)(C)C. The number of amides is 2. The molecule has 2 amide bonds. The Hall–Kier alpha value is -4.18. The zero-order valence-corrected chi connectivity index (χ0v) is 46.4. The summed E-state index contributed by atoms with van der Waals surface area (Å²) in [6.07, 6.45) is 12.6. The van der Waals surface area contributed by atoms with Crippen LogP contribution in [0.15, 0.2) is 60.2 Å². The molecule has 2 bridgehead atoms. The molecule has 14 nitrogen and oxygen atoms in total. The number of nitrogens with one attached hydrogen (secondary N) is 1. The first kappa shape index (κ1) is 55.6. The van der Waals surface area contributed by atoms with Gasteiger partial charge in [-0.15, -0.1) is 0 Å². The van der Waals surface area contributed by atoms with Crippen LogP contribution in [0.3, 0.4) is 0 Å². The molecule has 4 saturated heterocycles. The minimum absolute atomic E-state index is 0.0188. The van der Waals surface area contributed by atoms with E-state index in [4.69, 9.17) is 28.5 Å². The highest BCUT2D eigenvalue weighted by Gasteiger charge is 2.77. The van der Waals surface area contributed by atoms with Gasteiger partial charge in [-0.3, -0.25) is 24.0 Å². The molecule has 9 rings (SSSR count). The minimum Gasteiger partial charge on any atom is -0.460 e. The summed E-state index contributed by atoms with van der Waals surface area (Å²) < 4.78 is 32.4. The summed E-state index contributed by atoms with van der Waals surface area (Å²) in [5.41, 5.74) is 2.45. The molecule has 0 spiro atoms. The van der Waals surface area contributed by atoms with E-state index in [2.05, 4.69) is 70.3 Å². The Bertz CT molecular complexity index is 2380. The second-order valence-electron chi connectivity index (χ2n) is 25.2. The number of carbonyl (C=O) groups excluding carboxylic acids is 4. The first-order chi connectivity index (χ1) is 35.7. The molecule has 7 aliphatic rings. The molecule has 4 aliphatic heterocycles. The average Bonchev–Trinajstić information content (AvgIpc) is 3.76. The van der Waals surface area contributed by atoms with Gasteiger partial charge in [0, 0.05) is 39.2 Å². The third-order valence-electron chi connectivity index (χ3n) is 18.1. The van der Waals surface area contributed by atoms with Crippen molar-refractivity contribution in [3.05, 3.63) is 76.9 Å². The maximum Gasteiger partial charge on any atom is 0.327 e. The van der Waals surface area contributed by atoms with E-state index in [1.807, 2.05) is 30.3 Å². The zero-order valence-electron chi connectivity index (χ0n) is 46.4. The van der Waals surface area contributed by atoms with Crippen molar-refractivity contribution in [2.75, 3.05) is 13.7 Å². The Morgan fingerprint density at radius 3 is 2.25 bits per heavy atom. The molecule has 412 valence electrons. The predicted octanol–water partition coefficient (Wildman–Crippen LogP) is 9.57. The Morgan fingerprint density at radius 2 is 1.60 bits per heavy atom. The van der Waals surface area contributed by atoms with Gasteiger partial charge in [-0.1, -0.05) is 120 Å². The number of aliphatic hydroxyl groups is 1. The zero-order chi connectivity index (χ0) is 53.5. The molecule has 2 aromatic rings. The van der Waals surface area contributed by atoms with Gasteiger partial charge in [0.15, 0.2) is 11.8 Å². The van der Waals surface area contributed by atoms with Crippen LogP contribution in [0.4, 0.5) is 0 Å². The second-order valence-corrected chi connectivity index (χ2v) is 25.2. The maximum absolute atomic E-state index is 16.1. The molecular weight excluding hydrogens is 951 g/mol. The number of carbonyl (C=O) groups is 4. The van der Waals surface area contributed by atoms with Gasteiger partial charge in [-0.25, -0.2) is 0 Å². The van der Waals surface area contributed by atoms with Gasteiger partial charge in [0.1, 0.15) is 41.5 Å². The quantitative estimate of drug-likeness (QED) is 0.0692. The van der Waals surface area contributed by atoms with Gasteiger partial charge in [-0.05, 0) is 113 Å². The van der Waals surface area contributed by atoms with Crippen molar-refractivity contribution in [2.24, 2.45) is 22.7 Å². The van der Waals surface area contributed by atoms with Crippen LogP contribution in [0.5, 0.6) is 0 Å². The highest BCUT2D eigenvalue weighted by atomic mass is 16.8. The van der Waals surface area contributed by atoms with E-state index in [9.17, 15) is 19.5 Å². The number of ether oxygens (including phenoxy) is 5. The molecule has 2 aromatic carbocycles. The van der Waals surface area contributed by atoms with Crippen LogP contribution < -0.4 is 5.32 Å². The fourth-order valence-electron chi connectivity index (χ4n) is 13.9. The number of likely N-dealkylation sites (N-methyl/N-ethyl adjacent to an activating group) is 1. The Morgan fingerprint density at radius 1 is 0.907 bits per heavy atom. The van der Waals surface area contributed by atoms with Gasteiger partial charge in [0.05, 0.1) is 30.9 Å². The first-order valence-electron chi connectivity index (χ1n) is 28.6. The van der Waals surface area contributed by atoms with E-state index in [1.165, 1.54) is 23.3 Å². The van der Waals surface area contributed by atoms with Gasteiger partial charge in [0.2, 0.25) is 11.8 Å². The van der Waals surface area contributed by atoms with Gasteiger partial charge >= 0.3 is 11.9 Å². The van der Waals surface area contributed by atoms with Gasteiger partial charge in [-0.2, -0.15) is 5.06 Å². The number of nitrogens with zero attached hydrogens (tertiary/aromatic N) is 2. The molecule has 7 fully saturated rings. The van der Waals surface area contributed by atoms with Crippen molar-refractivity contribution in [3.8, 4) is 0 Å². The Balaban J connectivity index is 1.02. The Kier molecular flexibility index (Phi) is 16.5. The molecule has 14 heteroatoms. The topological polar surface area (TPSA) is 166 Å². The minimum atomic E-state index is -1.53. The number of esters is 2. The average molecular weight is 1040 g/mol. The number of hydroxylamine groups is 2. The highest BCUT2D eigenvalue weighted by molar-refractivity contribution is 5.96. The molecular formula is C61H87N3O11. The summed E-state index contributed by atoms with van der Waals surface area (Å²) in [4.78, 5) is 67.0. The van der Waals surface area contributed by atoms with Crippen LogP contribution in [0, 0.1) is 22.7 Å². The number of allylic oxidation sites excluding steroid dienone is 1. The number of fused-ring (bicyclic) bond motifs is 6. The third kappa shape index (κ3) is 11.7. The van der Waals surface area contributed by atoms with Crippen LogP contribution in [0.25, 0.3) is 6.08 Å². The van der Waals surface area contributed by atoms with Crippen LogP contribution in [0.1, 0.15) is 175 Å². The van der Waals surface area contributed by atoms with E-state index in [0.29, 0.717) is 36.2 Å². The number of hydrogen-bond acceptors (Lipinski definition) is 12. The fraction of sp³-hybridized carbons (Fsp3) is 0.705. The summed E-state index contributed by atoms with van der Waals surface area (Å²) in [6.45, 7) is 16.6. The molecule has 0 radical (unpaired) electrons. The normalized spacial score (nSPS) is 32.5. The molecule has 4 heterocycles. The Labute approximate surface area is 446 Å². The number of epoxide rings is 1. The molecule has 1 unspecified atom stereocenters. The number of benzene rings is 2. The summed E-state index contributed by atoms with van der Waals surface area (Å²) in [5, 5.41) is 15.1. The van der Waals surface area contributed by atoms with Crippen molar-refractivity contribution >= 4 is 29.8 Å². The van der Waals surface area contributed by atoms with E-state index >= 15 is 4.79 Å². The maximum atomic E-state index is 16.1. The van der Waals surface area contributed by atoms with Crippen molar-refractivity contribution < 1.29 is 52.8 Å². The largest absolute Gasteiger partial charge is 0.460 e. The number of aliphatic hydroxyl groups excluding tert-OH is 1. The summed E-state index contributed by atoms with van der Waals surface area (Å²) in [7, 11) is 1.61. The lowest BCUT2D eigenvalue weighted by Crippen LogP contribution is -2.70. The number of hydrogen-bond donors (Lipinski definition) is 2. The molecule has 2 N–H and O–H groups in total. The number of rotatable bonds is 21. The summed E-state index contributed by atoms with van der Waals surface area (Å²) in [6, 6.07) is 14.9.